The standard InChI is InChI=1S/C19H21N3O4/c23-17-4-3-15(18(24)21-17)22-9-11-5-12(1-2-13(11)19(22)25)26-16-6-10-7-20-8-14(10)16/h1-2,5,10,14-16,20H,3-4,6-9H2,(H,21,23,24). The largest absolute Gasteiger partial charge is 0.490 e. The molecule has 2 N–H and O–H groups in total. The molecule has 4 aliphatic rings. The van der Waals surface area contributed by atoms with E-state index in [1.54, 1.807) is 11.0 Å². The number of hydrogen-bond donors (Lipinski definition) is 2. The van der Waals surface area contributed by atoms with Crippen molar-refractivity contribution in [1.29, 1.82) is 0 Å². The van der Waals surface area contributed by atoms with E-state index >= 15 is 0 Å². The highest BCUT2D eigenvalue weighted by atomic mass is 16.5. The van der Waals surface area contributed by atoms with Crippen molar-refractivity contribution < 1.29 is 19.1 Å². The highest BCUT2D eigenvalue weighted by Crippen LogP contribution is 2.40. The first-order valence-electron chi connectivity index (χ1n) is 9.25. The third-order valence-electron chi connectivity index (χ3n) is 6.19. The number of piperidine rings is 1. The van der Waals surface area contributed by atoms with Crippen LogP contribution in [-0.2, 0) is 16.1 Å². The summed E-state index contributed by atoms with van der Waals surface area (Å²) < 4.78 is 6.15. The number of hydrogen-bond acceptors (Lipinski definition) is 5. The van der Waals surface area contributed by atoms with E-state index in [2.05, 4.69) is 10.6 Å². The van der Waals surface area contributed by atoms with Crippen LogP contribution in [0.2, 0.25) is 0 Å². The lowest BCUT2D eigenvalue weighted by atomic mass is 9.73. The van der Waals surface area contributed by atoms with E-state index in [0.29, 0.717) is 24.4 Å². The SMILES string of the molecule is O=C1CCC(N2Cc3cc(OC4CC5CNCC54)ccc3C2=O)C(=O)N1. The minimum absolute atomic E-state index is 0.148. The van der Waals surface area contributed by atoms with Crippen molar-refractivity contribution in [2.75, 3.05) is 13.1 Å². The Kier molecular flexibility index (Phi) is 3.53. The van der Waals surface area contributed by atoms with Crippen LogP contribution in [0.25, 0.3) is 0 Å². The average molecular weight is 355 g/mol. The van der Waals surface area contributed by atoms with Crippen LogP contribution in [0.4, 0.5) is 0 Å². The predicted octanol–water partition coefficient (Wildman–Crippen LogP) is 0.434. The monoisotopic (exact) mass is 355 g/mol. The maximum atomic E-state index is 12.7. The Bertz CT molecular complexity index is 808. The second-order valence-corrected chi connectivity index (χ2v) is 7.69. The van der Waals surface area contributed by atoms with Crippen molar-refractivity contribution in [2.24, 2.45) is 11.8 Å². The van der Waals surface area contributed by atoms with Gasteiger partial charge in [0.2, 0.25) is 11.8 Å². The van der Waals surface area contributed by atoms with E-state index in [1.807, 2.05) is 12.1 Å². The molecule has 136 valence electrons. The Morgan fingerprint density at radius 2 is 2.04 bits per heavy atom. The molecule has 1 saturated carbocycles. The topological polar surface area (TPSA) is 87.7 Å². The van der Waals surface area contributed by atoms with Crippen LogP contribution in [0.3, 0.4) is 0 Å². The molecule has 3 heterocycles. The fourth-order valence-electron chi connectivity index (χ4n) is 4.66. The van der Waals surface area contributed by atoms with Gasteiger partial charge in [-0.15, -0.1) is 0 Å². The van der Waals surface area contributed by atoms with Crippen molar-refractivity contribution in [3.8, 4) is 5.75 Å². The fourth-order valence-corrected chi connectivity index (χ4v) is 4.66. The van der Waals surface area contributed by atoms with Crippen LogP contribution in [0, 0.1) is 11.8 Å². The summed E-state index contributed by atoms with van der Waals surface area (Å²) in [5.74, 6) is 1.31. The van der Waals surface area contributed by atoms with Crippen LogP contribution in [0.15, 0.2) is 18.2 Å². The molecule has 7 nitrogen and oxygen atoms in total. The molecule has 2 saturated heterocycles. The summed E-state index contributed by atoms with van der Waals surface area (Å²) in [6.07, 6.45) is 1.97. The molecule has 7 heteroatoms. The molecule has 1 aliphatic carbocycles. The van der Waals surface area contributed by atoms with Gasteiger partial charge >= 0.3 is 0 Å². The first-order chi connectivity index (χ1) is 12.6. The van der Waals surface area contributed by atoms with Gasteiger partial charge in [-0.1, -0.05) is 0 Å². The number of nitrogens with zero attached hydrogens (tertiary/aromatic N) is 1. The minimum Gasteiger partial charge on any atom is -0.490 e. The molecule has 0 bridgehead atoms. The first-order valence-corrected chi connectivity index (χ1v) is 9.25. The number of benzene rings is 1. The molecule has 4 unspecified atom stereocenters. The second-order valence-electron chi connectivity index (χ2n) is 7.69. The van der Waals surface area contributed by atoms with Crippen molar-refractivity contribution in [1.82, 2.24) is 15.5 Å². The van der Waals surface area contributed by atoms with Crippen molar-refractivity contribution in [3.05, 3.63) is 29.3 Å². The third kappa shape index (κ3) is 2.41. The molecule has 1 aromatic rings. The Morgan fingerprint density at radius 3 is 2.85 bits per heavy atom. The predicted molar refractivity (Wildman–Crippen MR) is 91.4 cm³/mol. The maximum absolute atomic E-state index is 12.7. The van der Waals surface area contributed by atoms with E-state index in [9.17, 15) is 14.4 Å². The van der Waals surface area contributed by atoms with Crippen molar-refractivity contribution in [3.63, 3.8) is 0 Å². The summed E-state index contributed by atoms with van der Waals surface area (Å²) in [6, 6.07) is 4.99. The number of nitrogens with one attached hydrogen (secondary N) is 2. The highest BCUT2D eigenvalue weighted by molar-refractivity contribution is 6.05. The Labute approximate surface area is 151 Å². The molecule has 26 heavy (non-hydrogen) atoms. The molecule has 3 aliphatic heterocycles. The molecule has 1 aromatic carbocycles. The van der Waals surface area contributed by atoms with Gasteiger partial charge in [0, 0.05) is 31.0 Å². The first kappa shape index (κ1) is 15.8. The number of amides is 3. The summed E-state index contributed by atoms with van der Waals surface area (Å²) in [5.41, 5.74) is 1.51. The summed E-state index contributed by atoms with van der Waals surface area (Å²) in [7, 11) is 0. The molecular formula is C19H21N3O4. The number of ether oxygens (including phenoxy) is 1. The Hall–Kier alpha value is -2.41. The summed E-state index contributed by atoms with van der Waals surface area (Å²) in [6.45, 7) is 2.49. The number of fused-ring (bicyclic) bond motifs is 2. The van der Waals surface area contributed by atoms with Crippen LogP contribution >= 0.6 is 0 Å². The van der Waals surface area contributed by atoms with Crippen LogP contribution < -0.4 is 15.4 Å². The molecule has 0 aromatic heterocycles. The Morgan fingerprint density at radius 1 is 1.15 bits per heavy atom. The van der Waals surface area contributed by atoms with Gasteiger partial charge in [-0.25, -0.2) is 0 Å². The second kappa shape index (κ2) is 5.81. The average Bonchev–Trinajstić information content (AvgIpc) is 3.13. The van der Waals surface area contributed by atoms with E-state index < -0.39 is 6.04 Å². The maximum Gasteiger partial charge on any atom is 0.255 e. The van der Waals surface area contributed by atoms with Crippen LogP contribution in [0.5, 0.6) is 5.75 Å². The lowest BCUT2D eigenvalue weighted by molar-refractivity contribution is -0.136. The number of carbonyl (C=O) groups excluding carboxylic acids is 3. The summed E-state index contributed by atoms with van der Waals surface area (Å²) in [5, 5.41) is 5.73. The van der Waals surface area contributed by atoms with Gasteiger partial charge in [-0.2, -0.15) is 0 Å². The molecule has 4 atom stereocenters. The summed E-state index contributed by atoms with van der Waals surface area (Å²) >= 11 is 0. The van der Waals surface area contributed by atoms with Gasteiger partial charge in [-0.3, -0.25) is 19.7 Å². The molecular weight excluding hydrogens is 334 g/mol. The smallest absolute Gasteiger partial charge is 0.255 e. The normalized spacial score (nSPS) is 32.8. The zero-order valence-electron chi connectivity index (χ0n) is 14.4. The molecule has 0 radical (unpaired) electrons. The van der Waals surface area contributed by atoms with Gasteiger partial charge in [0.1, 0.15) is 17.9 Å². The zero-order chi connectivity index (χ0) is 17.8. The van der Waals surface area contributed by atoms with Gasteiger partial charge in [0.05, 0.1) is 0 Å². The number of carbonyl (C=O) groups is 3. The summed E-state index contributed by atoms with van der Waals surface area (Å²) in [4.78, 5) is 37.7. The van der Waals surface area contributed by atoms with E-state index in [1.165, 1.54) is 0 Å². The third-order valence-corrected chi connectivity index (χ3v) is 6.19. The van der Waals surface area contributed by atoms with E-state index in [-0.39, 0.29) is 30.2 Å². The quantitative estimate of drug-likeness (QED) is 0.768. The Balaban J connectivity index is 1.31. The lowest BCUT2D eigenvalue weighted by Crippen LogP contribution is -2.52. The number of imide groups is 1. The van der Waals surface area contributed by atoms with Gasteiger partial charge in [0.15, 0.2) is 0 Å². The zero-order valence-corrected chi connectivity index (χ0v) is 14.4. The van der Waals surface area contributed by atoms with Crippen molar-refractivity contribution >= 4 is 17.7 Å². The van der Waals surface area contributed by atoms with E-state index in [0.717, 1.165) is 36.7 Å². The van der Waals surface area contributed by atoms with Crippen LogP contribution in [0.1, 0.15) is 35.2 Å². The highest BCUT2D eigenvalue weighted by Gasteiger charge is 2.45. The minimum atomic E-state index is -0.575. The number of rotatable bonds is 3. The lowest BCUT2D eigenvalue weighted by Gasteiger charge is -2.39. The molecule has 3 fully saturated rings. The molecule has 0 spiro atoms. The molecule has 3 amide bonds. The van der Waals surface area contributed by atoms with E-state index in [4.69, 9.17) is 4.74 Å². The van der Waals surface area contributed by atoms with Gasteiger partial charge in [0.25, 0.3) is 5.91 Å². The van der Waals surface area contributed by atoms with Crippen molar-refractivity contribution in [2.45, 2.75) is 38.0 Å². The van der Waals surface area contributed by atoms with Crippen LogP contribution in [-0.4, -0.2) is 47.9 Å². The fraction of sp³-hybridized carbons (Fsp3) is 0.526. The van der Waals surface area contributed by atoms with Gasteiger partial charge < -0.3 is 15.0 Å². The van der Waals surface area contributed by atoms with Gasteiger partial charge in [-0.05, 0) is 49.1 Å². The molecule has 5 rings (SSSR count).